The molecule has 1 atom stereocenters. The Morgan fingerprint density at radius 3 is 2.92 bits per heavy atom. The number of thioether (sulfide) groups is 1. The molecule has 1 aliphatic rings. The second-order valence-corrected chi connectivity index (χ2v) is 7.43. The van der Waals surface area contributed by atoms with Crippen LogP contribution in [-0.2, 0) is 23.4 Å². The fourth-order valence-electron chi connectivity index (χ4n) is 3.00. The molecule has 1 aromatic heterocycles. The Labute approximate surface area is 153 Å². The lowest BCUT2D eigenvalue weighted by atomic mass is 9.92. The monoisotopic (exact) mass is 359 g/mol. The third kappa shape index (κ3) is 5.30. The van der Waals surface area contributed by atoms with Gasteiger partial charge in [-0.05, 0) is 68.0 Å². The van der Waals surface area contributed by atoms with Crippen LogP contribution in [0.1, 0.15) is 36.7 Å². The van der Waals surface area contributed by atoms with Crippen LogP contribution in [-0.4, -0.2) is 24.3 Å². The van der Waals surface area contributed by atoms with Gasteiger partial charge in [-0.25, -0.2) is 0 Å². The molecule has 1 aromatic carbocycles. The lowest BCUT2D eigenvalue weighted by Crippen LogP contribution is -2.37. The van der Waals surface area contributed by atoms with Crippen LogP contribution in [0.15, 0.2) is 41.0 Å². The highest BCUT2D eigenvalue weighted by atomic mass is 32.2. The molecule has 0 saturated carbocycles. The van der Waals surface area contributed by atoms with Gasteiger partial charge in [0, 0.05) is 12.3 Å². The highest BCUT2D eigenvalue weighted by Gasteiger charge is 2.16. The summed E-state index contributed by atoms with van der Waals surface area (Å²) in [6.07, 6.45) is 5.96. The molecule has 134 valence electrons. The van der Waals surface area contributed by atoms with Crippen molar-refractivity contribution in [2.45, 2.75) is 44.5 Å². The molecule has 0 unspecified atom stereocenters. The van der Waals surface area contributed by atoms with Crippen molar-refractivity contribution in [3.05, 3.63) is 53.5 Å². The SMILES string of the molecule is C[C@H](Oc1ccc2c(c1)CCCC2)C(=O)NCCSCc1ccco1. The number of rotatable bonds is 8. The van der Waals surface area contributed by atoms with Gasteiger partial charge in [0.15, 0.2) is 6.10 Å². The Kier molecular flexibility index (Phi) is 6.45. The zero-order valence-corrected chi connectivity index (χ0v) is 15.4. The number of nitrogens with one attached hydrogen (secondary N) is 1. The minimum Gasteiger partial charge on any atom is -0.481 e. The summed E-state index contributed by atoms with van der Waals surface area (Å²) in [7, 11) is 0. The number of hydrogen-bond acceptors (Lipinski definition) is 4. The zero-order chi connectivity index (χ0) is 17.5. The molecule has 0 saturated heterocycles. The Balaban J connectivity index is 1.38. The average molecular weight is 359 g/mol. The Morgan fingerprint density at radius 2 is 2.12 bits per heavy atom. The van der Waals surface area contributed by atoms with Crippen molar-refractivity contribution in [2.75, 3.05) is 12.3 Å². The number of benzene rings is 1. The predicted molar refractivity (Wildman–Crippen MR) is 101 cm³/mol. The number of fused-ring (bicyclic) bond motifs is 1. The van der Waals surface area contributed by atoms with Crippen molar-refractivity contribution in [1.82, 2.24) is 5.32 Å². The van der Waals surface area contributed by atoms with Crippen molar-refractivity contribution in [2.24, 2.45) is 0 Å². The van der Waals surface area contributed by atoms with Crippen LogP contribution in [0.2, 0.25) is 0 Å². The second kappa shape index (κ2) is 8.99. The van der Waals surface area contributed by atoms with Crippen LogP contribution in [0.3, 0.4) is 0 Å². The van der Waals surface area contributed by atoms with Crippen molar-refractivity contribution in [1.29, 1.82) is 0 Å². The maximum Gasteiger partial charge on any atom is 0.260 e. The van der Waals surface area contributed by atoms with Gasteiger partial charge >= 0.3 is 0 Å². The van der Waals surface area contributed by atoms with E-state index < -0.39 is 6.10 Å². The molecule has 3 rings (SSSR count). The minimum atomic E-state index is -0.489. The molecule has 0 fully saturated rings. The standard InChI is InChI=1S/C20H25NO3S/c1-15(20(22)21-10-12-25-14-19-7-4-11-23-19)24-18-9-8-16-5-2-3-6-17(16)13-18/h4,7-9,11,13,15H,2-3,5-6,10,12,14H2,1H3,(H,21,22)/t15-/m0/s1. The van der Waals surface area contributed by atoms with Gasteiger partial charge in [-0.1, -0.05) is 6.07 Å². The van der Waals surface area contributed by atoms with E-state index in [1.165, 1.54) is 24.0 Å². The summed E-state index contributed by atoms with van der Waals surface area (Å²) >= 11 is 1.73. The first-order valence-electron chi connectivity index (χ1n) is 8.88. The highest BCUT2D eigenvalue weighted by Crippen LogP contribution is 2.25. The Bertz CT molecular complexity index is 684. The van der Waals surface area contributed by atoms with E-state index in [9.17, 15) is 4.79 Å². The molecule has 1 N–H and O–H groups in total. The van der Waals surface area contributed by atoms with Gasteiger partial charge in [-0.2, -0.15) is 11.8 Å². The van der Waals surface area contributed by atoms with E-state index in [4.69, 9.17) is 9.15 Å². The van der Waals surface area contributed by atoms with Gasteiger partial charge in [0.2, 0.25) is 0 Å². The third-order valence-corrected chi connectivity index (χ3v) is 5.35. The van der Waals surface area contributed by atoms with E-state index >= 15 is 0 Å². The smallest absolute Gasteiger partial charge is 0.260 e. The van der Waals surface area contributed by atoms with E-state index in [1.54, 1.807) is 24.9 Å². The quantitative estimate of drug-likeness (QED) is 0.725. The van der Waals surface area contributed by atoms with Gasteiger partial charge in [0.25, 0.3) is 5.91 Å². The van der Waals surface area contributed by atoms with Crippen LogP contribution in [0.5, 0.6) is 5.75 Å². The summed E-state index contributed by atoms with van der Waals surface area (Å²) < 4.78 is 11.1. The number of hydrogen-bond donors (Lipinski definition) is 1. The maximum atomic E-state index is 12.2. The first kappa shape index (κ1) is 17.9. The zero-order valence-electron chi connectivity index (χ0n) is 14.6. The first-order valence-corrected chi connectivity index (χ1v) is 10.0. The number of carbonyl (C=O) groups excluding carboxylic acids is 1. The van der Waals surface area contributed by atoms with Crippen molar-refractivity contribution in [3.8, 4) is 5.75 Å². The maximum absolute atomic E-state index is 12.2. The van der Waals surface area contributed by atoms with Gasteiger partial charge in [-0.3, -0.25) is 4.79 Å². The Morgan fingerprint density at radius 1 is 1.28 bits per heavy atom. The number of amides is 1. The van der Waals surface area contributed by atoms with Crippen molar-refractivity contribution >= 4 is 17.7 Å². The van der Waals surface area contributed by atoms with E-state index in [1.807, 2.05) is 18.2 Å². The van der Waals surface area contributed by atoms with Gasteiger partial charge in [0.1, 0.15) is 11.5 Å². The number of furan rings is 1. The van der Waals surface area contributed by atoms with Crippen LogP contribution < -0.4 is 10.1 Å². The summed E-state index contributed by atoms with van der Waals surface area (Å²) in [5.41, 5.74) is 2.79. The van der Waals surface area contributed by atoms with E-state index in [2.05, 4.69) is 17.4 Å². The highest BCUT2D eigenvalue weighted by molar-refractivity contribution is 7.98. The minimum absolute atomic E-state index is 0.0729. The van der Waals surface area contributed by atoms with Crippen molar-refractivity contribution in [3.63, 3.8) is 0 Å². The molecule has 25 heavy (non-hydrogen) atoms. The lowest BCUT2D eigenvalue weighted by molar-refractivity contribution is -0.127. The molecular weight excluding hydrogens is 334 g/mol. The largest absolute Gasteiger partial charge is 0.481 e. The summed E-state index contributed by atoms with van der Waals surface area (Å²) in [5, 5.41) is 2.93. The Hall–Kier alpha value is -1.88. The fraction of sp³-hybridized carbons (Fsp3) is 0.450. The van der Waals surface area contributed by atoms with Crippen molar-refractivity contribution < 1.29 is 13.9 Å². The van der Waals surface area contributed by atoms with Crippen LogP contribution in [0.25, 0.3) is 0 Å². The molecule has 0 spiro atoms. The normalized spacial score (nSPS) is 14.6. The molecule has 4 nitrogen and oxygen atoms in total. The van der Waals surface area contributed by atoms with Crippen LogP contribution in [0, 0.1) is 0 Å². The van der Waals surface area contributed by atoms with Crippen LogP contribution >= 0.6 is 11.8 Å². The van der Waals surface area contributed by atoms with Gasteiger partial charge < -0.3 is 14.5 Å². The summed E-state index contributed by atoms with van der Waals surface area (Å²) in [6, 6.07) is 10.1. The predicted octanol–water partition coefficient (Wildman–Crippen LogP) is 3.98. The number of carbonyl (C=O) groups is 1. The van der Waals surface area contributed by atoms with Crippen LogP contribution in [0.4, 0.5) is 0 Å². The molecule has 2 aromatic rings. The molecule has 0 radical (unpaired) electrons. The first-order chi connectivity index (χ1) is 12.2. The molecule has 1 heterocycles. The fourth-order valence-corrected chi connectivity index (χ4v) is 3.75. The molecule has 0 aliphatic heterocycles. The van der Waals surface area contributed by atoms with E-state index in [0.717, 1.165) is 35.9 Å². The molecule has 0 bridgehead atoms. The molecule has 1 amide bonds. The lowest BCUT2D eigenvalue weighted by Gasteiger charge is -2.19. The summed E-state index contributed by atoms with van der Waals surface area (Å²) in [5.74, 6) is 3.34. The summed E-state index contributed by atoms with van der Waals surface area (Å²) in [6.45, 7) is 2.42. The summed E-state index contributed by atoms with van der Waals surface area (Å²) in [4.78, 5) is 12.2. The second-order valence-electron chi connectivity index (χ2n) is 6.32. The third-order valence-electron chi connectivity index (χ3n) is 4.37. The van der Waals surface area contributed by atoms with E-state index in [0.29, 0.717) is 6.54 Å². The molecule has 5 heteroatoms. The topological polar surface area (TPSA) is 51.5 Å². The average Bonchev–Trinajstić information content (AvgIpc) is 3.14. The molecular formula is C20H25NO3S. The van der Waals surface area contributed by atoms with Gasteiger partial charge in [-0.15, -0.1) is 0 Å². The number of ether oxygens (including phenoxy) is 1. The number of aryl methyl sites for hydroxylation is 2. The van der Waals surface area contributed by atoms with E-state index in [-0.39, 0.29) is 5.91 Å². The molecule has 1 aliphatic carbocycles. The van der Waals surface area contributed by atoms with Gasteiger partial charge in [0.05, 0.1) is 12.0 Å².